The summed E-state index contributed by atoms with van der Waals surface area (Å²) >= 11 is 0. The predicted molar refractivity (Wildman–Crippen MR) is 203 cm³/mol. The average molecular weight is 713 g/mol. The molecule has 2 aliphatic rings. The number of carboxylic acids is 1. The number of carbonyl (C=O) groups excluding carboxylic acids is 2. The summed E-state index contributed by atoms with van der Waals surface area (Å²) in [7, 11) is 11.0. The van der Waals surface area contributed by atoms with Crippen molar-refractivity contribution in [2.24, 2.45) is 0 Å². The van der Waals surface area contributed by atoms with Gasteiger partial charge >= 0.3 is 5.97 Å². The van der Waals surface area contributed by atoms with Gasteiger partial charge in [-0.1, -0.05) is 22.9 Å². The molecule has 0 bridgehead atoms. The molecule has 0 saturated heterocycles. The van der Waals surface area contributed by atoms with Crippen LogP contribution in [-0.4, -0.2) is 74.9 Å². The predicted octanol–water partition coefficient (Wildman–Crippen LogP) is 6.24. The Morgan fingerprint density at radius 2 is 1.68 bits per heavy atom. The summed E-state index contributed by atoms with van der Waals surface area (Å²) in [6.07, 6.45) is 4.55. The van der Waals surface area contributed by atoms with Gasteiger partial charge < -0.3 is 25.1 Å². The van der Waals surface area contributed by atoms with Crippen molar-refractivity contribution in [1.82, 2.24) is 20.2 Å². The largest absolute Gasteiger partial charge is 0.478 e. The van der Waals surface area contributed by atoms with E-state index in [2.05, 4.69) is 15.6 Å². The van der Waals surface area contributed by atoms with E-state index in [9.17, 15) is 19.5 Å². The van der Waals surface area contributed by atoms with Crippen LogP contribution in [0.1, 0.15) is 46.4 Å². The number of fused-ring (bicyclic) bond motifs is 2. The van der Waals surface area contributed by atoms with E-state index in [1.807, 2.05) is 92.3 Å². The summed E-state index contributed by atoms with van der Waals surface area (Å²) in [6, 6.07) is 22.3. The molecule has 0 atom stereocenters. The van der Waals surface area contributed by atoms with Crippen LogP contribution < -0.4 is 25.5 Å². The number of aromatic nitrogens is 1. The number of nitrogens with zero attached hydrogens (tertiary/aromatic N) is 3. The number of benzene rings is 3. The molecule has 3 N–H and O–H groups in total. The zero-order chi connectivity index (χ0) is 35.6. The van der Waals surface area contributed by atoms with Gasteiger partial charge in [-0.15, -0.1) is 0 Å². The lowest BCUT2D eigenvalue weighted by Gasteiger charge is -2.19. The molecule has 0 saturated carbocycles. The van der Waals surface area contributed by atoms with E-state index in [0.717, 1.165) is 51.8 Å². The van der Waals surface area contributed by atoms with Crippen molar-refractivity contribution in [3.63, 3.8) is 0 Å². The van der Waals surface area contributed by atoms with Crippen molar-refractivity contribution in [3.05, 3.63) is 95.5 Å². The SMILES string of the molecule is CN(C)c1ccc2c(-c3ccc(C(=O)NCCCCCNC(=O)CCSSc4ccccn4)cc3C(=O)O)c3ccc(=[N+](C)C)cc-3oc2c1. The van der Waals surface area contributed by atoms with E-state index in [1.165, 1.54) is 6.07 Å². The lowest BCUT2D eigenvalue weighted by atomic mass is 9.89. The van der Waals surface area contributed by atoms with Crippen molar-refractivity contribution >= 4 is 56.0 Å². The molecular weight excluding hydrogens is 671 g/mol. The van der Waals surface area contributed by atoms with Gasteiger partial charge in [-0.25, -0.2) is 14.4 Å². The minimum Gasteiger partial charge on any atom is -0.478 e. The second kappa shape index (κ2) is 17.2. The summed E-state index contributed by atoms with van der Waals surface area (Å²) < 4.78 is 8.37. The first kappa shape index (κ1) is 36.5. The number of carboxylic acid groups (broad SMARTS) is 1. The molecular formula is C38H42N5O5S2+. The second-order valence-electron chi connectivity index (χ2n) is 12.2. The number of aromatic carboxylic acids is 1. The zero-order valence-corrected chi connectivity index (χ0v) is 30.3. The van der Waals surface area contributed by atoms with Crippen molar-refractivity contribution in [2.75, 3.05) is 51.9 Å². The molecule has 0 spiro atoms. The van der Waals surface area contributed by atoms with E-state index >= 15 is 0 Å². The highest BCUT2D eigenvalue weighted by Crippen LogP contribution is 2.42. The molecule has 0 fully saturated rings. The molecule has 0 radical (unpaired) electrons. The van der Waals surface area contributed by atoms with Crippen LogP contribution in [0, 0.1) is 0 Å². The smallest absolute Gasteiger partial charge is 0.336 e. The Balaban J connectivity index is 1.21. The third-order valence-corrected chi connectivity index (χ3v) is 10.4. The maximum absolute atomic E-state index is 13.1. The fraction of sp³-hybridized carbons (Fsp3) is 0.289. The van der Waals surface area contributed by atoms with E-state index in [0.29, 0.717) is 42.2 Å². The second-order valence-corrected chi connectivity index (χ2v) is 14.6. The highest BCUT2D eigenvalue weighted by molar-refractivity contribution is 8.76. The van der Waals surface area contributed by atoms with Gasteiger partial charge in [0, 0.05) is 85.5 Å². The van der Waals surface area contributed by atoms with Gasteiger partial charge in [-0.3, -0.25) is 9.59 Å². The van der Waals surface area contributed by atoms with E-state index in [-0.39, 0.29) is 22.9 Å². The number of unbranched alkanes of at least 4 members (excludes halogenated alkanes) is 2. The summed E-state index contributed by atoms with van der Waals surface area (Å²) in [5, 5.41) is 18.9. The van der Waals surface area contributed by atoms with Gasteiger partial charge in [0.1, 0.15) is 30.5 Å². The highest BCUT2D eigenvalue weighted by Gasteiger charge is 2.23. The first-order chi connectivity index (χ1) is 24.1. The lowest BCUT2D eigenvalue weighted by Crippen LogP contribution is -2.26. The number of nitrogens with one attached hydrogen (secondary N) is 2. The molecule has 260 valence electrons. The van der Waals surface area contributed by atoms with Gasteiger partial charge in [0.05, 0.1) is 11.6 Å². The van der Waals surface area contributed by atoms with Crippen molar-refractivity contribution in [3.8, 4) is 22.5 Å². The topological polar surface area (TPSA) is 128 Å². The maximum Gasteiger partial charge on any atom is 0.336 e. The Labute approximate surface area is 299 Å². The summed E-state index contributed by atoms with van der Waals surface area (Å²) in [6.45, 7) is 1.02. The third kappa shape index (κ3) is 9.25. The fourth-order valence-corrected chi connectivity index (χ4v) is 7.34. The monoisotopic (exact) mass is 712 g/mol. The number of amides is 2. The number of pyridine rings is 1. The summed E-state index contributed by atoms with van der Waals surface area (Å²) in [5.41, 5.74) is 3.89. The fourth-order valence-electron chi connectivity index (χ4n) is 5.47. The van der Waals surface area contributed by atoms with E-state index < -0.39 is 5.97 Å². The van der Waals surface area contributed by atoms with Crippen LogP contribution in [0.3, 0.4) is 0 Å². The Hall–Kier alpha value is -4.81. The van der Waals surface area contributed by atoms with Crippen molar-refractivity contribution in [2.45, 2.75) is 30.7 Å². The van der Waals surface area contributed by atoms with Gasteiger partial charge in [0.15, 0.2) is 0 Å². The van der Waals surface area contributed by atoms with Gasteiger partial charge in [-0.05, 0) is 78.1 Å². The molecule has 5 rings (SSSR count). The Morgan fingerprint density at radius 1 is 0.900 bits per heavy atom. The van der Waals surface area contributed by atoms with E-state index in [1.54, 1.807) is 39.9 Å². The molecule has 0 unspecified atom stereocenters. The Kier molecular flexibility index (Phi) is 12.6. The standard InChI is InChI=1S/C38H41N5O5S2/c1-42(2)26-12-15-29-32(23-26)48-33-24-27(43(3)4)13-16-30(33)36(29)28-14-11-25(22-31(28)38(46)47)37(45)41-20-8-5-7-18-39-34(44)17-21-49-50-35-10-6-9-19-40-35/h6,9-16,19,22-24H,5,7-8,17-18,20-21H2,1-4H3,(H2-,39,41,44,45,46,47)/p+1. The van der Waals surface area contributed by atoms with Gasteiger partial charge in [-0.2, -0.15) is 0 Å². The molecule has 12 heteroatoms. The molecule has 50 heavy (non-hydrogen) atoms. The number of hydrogen-bond donors (Lipinski definition) is 3. The van der Waals surface area contributed by atoms with Crippen LogP contribution in [-0.2, 0) is 4.79 Å². The number of carbonyl (C=O) groups is 3. The molecule has 1 aliphatic heterocycles. The minimum atomic E-state index is -1.13. The first-order valence-corrected chi connectivity index (χ1v) is 18.8. The highest BCUT2D eigenvalue weighted by atomic mass is 33.1. The molecule has 1 aliphatic carbocycles. The van der Waals surface area contributed by atoms with Crippen molar-refractivity contribution < 1.29 is 23.9 Å². The van der Waals surface area contributed by atoms with Crippen molar-refractivity contribution in [1.29, 1.82) is 0 Å². The molecule has 10 nitrogen and oxygen atoms in total. The number of hydrogen-bond acceptors (Lipinski definition) is 8. The molecule has 3 aromatic rings. The van der Waals surface area contributed by atoms with Crippen LogP contribution in [0.25, 0.3) is 33.4 Å². The maximum atomic E-state index is 13.1. The minimum absolute atomic E-state index is 0.0209. The third-order valence-electron chi connectivity index (χ3n) is 8.16. The van der Waals surface area contributed by atoms with Gasteiger partial charge in [0.25, 0.3) is 5.91 Å². The first-order valence-electron chi connectivity index (χ1n) is 16.4. The van der Waals surface area contributed by atoms with Gasteiger partial charge in [0.2, 0.25) is 11.3 Å². The lowest BCUT2D eigenvalue weighted by molar-refractivity contribution is -0.120. The summed E-state index contributed by atoms with van der Waals surface area (Å²) in [5.74, 6) is -0.112. The van der Waals surface area contributed by atoms with Crippen LogP contribution >= 0.6 is 21.6 Å². The Bertz CT molecular complexity index is 2030. The van der Waals surface area contributed by atoms with Crippen LogP contribution in [0.15, 0.2) is 88.4 Å². The number of anilines is 1. The summed E-state index contributed by atoms with van der Waals surface area (Å²) in [4.78, 5) is 44.1. The van der Waals surface area contributed by atoms with Crippen LogP contribution in [0.4, 0.5) is 5.69 Å². The Morgan fingerprint density at radius 3 is 2.40 bits per heavy atom. The number of rotatable bonds is 15. The average Bonchev–Trinajstić information content (AvgIpc) is 3.11. The van der Waals surface area contributed by atoms with Crippen LogP contribution in [0.2, 0.25) is 0 Å². The van der Waals surface area contributed by atoms with E-state index in [4.69, 9.17) is 4.42 Å². The normalized spacial score (nSPS) is 11.0. The quantitative estimate of drug-likeness (QED) is 0.0500. The zero-order valence-electron chi connectivity index (χ0n) is 28.7. The van der Waals surface area contributed by atoms with Crippen LogP contribution in [0.5, 0.6) is 0 Å². The molecule has 1 aromatic heterocycles. The molecule has 2 amide bonds. The molecule has 2 aromatic carbocycles. The molecule has 2 heterocycles.